The smallest absolute Gasteiger partial charge is 0.236 e. The van der Waals surface area contributed by atoms with Gasteiger partial charge in [-0.1, -0.05) is 58.4 Å². The van der Waals surface area contributed by atoms with Crippen molar-refractivity contribution in [3.8, 4) is 11.3 Å². The first-order valence-electron chi connectivity index (χ1n) is 8.30. The number of hydrogen-bond acceptors (Lipinski definition) is 4. The van der Waals surface area contributed by atoms with Crippen LogP contribution in [0.15, 0.2) is 81.5 Å². The quantitative estimate of drug-likeness (QED) is 0.352. The molecular weight excluding hydrogens is 440 g/mol. The minimum Gasteiger partial charge on any atom is -0.301 e. The summed E-state index contributed by atoms with van der Waals surface area (Å²) in [6.45, 7) is 0. The van der Waals surface area contributed by atoms with E-state index in [0.29, 0.717) is 10.9 Å². The average molecular weight is 455 g/mol. The average Bonchev–Trinajstić information content (AvgIpc) is 3.15. The zero-order valence-corrected chi connectivity index (χ0v) is 17.4. The molecule has 1 N–H and O–H groups in total. The van der Waals surface area contributed by atoms with Crippen molar-refractivity contribution in [2.24, 2.45) is 0 Å². The van der Waals surface area contributed by atoms with Crippen LogP contribution in [-0.2, 0) is 4.79 Å². The molecule has 0 saturated carbocycles. The van der Waals surface area contributed by atoms with E-state index in [4.69, 9.17) is 0 Å². The molecule has 4 rings (SSSR count). The predicted octanol–water partition coefficient (Wildman–Crippen LogP) is 6.46. The van der Waals surface area contributed by atoms with Gasteiger partial charge in [-0.15, -0.1) is 23.1 Å². The maximum Gasteiger partial charge on any atom is 0.236 e. The monoisotopic (exact) mass is 454 g/mol. The Labute approximate surface area is 174 Å². The van der Waals surface area contributed by atoms with Crippen LogP contribution >= 0.6 is 39.0 Å². The minimum atomic E-state index is -0.0511. The molecule has 0 unspecified atom stereocenters. The number of thioether (sulfide) groups is 1. The summed E-state index contributed by atoms with van der Waals surface area (Å²) >= 11 is 6.39. The maximum atomic E-state index is 12.3. The van der Waals surface area contributed by atoms with Gasteiger partial charge in [-0.25, -0.2) is 4.98 Å². The van der Waals surface area contributed by atoms with Crippen molar-refractivity contribution in [1.82, 2.24) is 4.98 Å². The highest BCUT2D eigenvalue weighted by atomic mass is 79.9. The number of carbonyl (C=O) groups excluding carboxylic acids is 1. The molecule has 0 saturated heterocycles. The number of rotatable bonds is 5. The number of benzene rings is 3. The van der Waals surface area contributed by atoms with Crippen LogP contribution in [0.1, 0.15) is 0 Å². The highest BCUT2D eigenvalue weighted by Crippen LogP contribution is 2.27. The van der Waals surface area contributed by atoms with E-state index < -0.39 is 0 Å². The van der Waals surface area contributed by atoms with Crippen molar-refractivity contribution >= 4 is 60.8 Å². The van der Waals surface area contributed by atoms with Gasteiger partial charge < -0.3 is 5.32 Å². The molecule has 1 amide bonds. The van der Waals surface area contributed by atoms with Crippen molar-refractivity contribution in [2.75, 3.05) is 11.1 Å². The highest BCUT2D eigenvalue weighted by Gasteiger charge is 2.09. The first kappa shape index (κ1) is 18.2. The summed E-state index contributed by atoms with van der Waals surface area (Å²) in [5.74, 6) is 0.302. The standard InChI is InChI=1S/C21H15BrN2OS2/c22-17-8-5-15(6-9-17)19-12-27-21(23-19)24-20(25)13-26-18-10-7-14-3-1-2-4-16(14)11-18/h1-12H,13H2,(H,23,24,25). The number of fused-ring (bicyclic) bond motifs is 1. The third kappa shape index (κ3) is 4.58. The molecule has 1 aromatic heterocycles. The van der Waals surface area contributed by atoms with Crippen LogP contribution in [0.4, 0.5) is 5.13 Å². The molecule has 0 radical (unpaired) electrons. The Hall–Kier alpha value is -2.15. The second-order valence-corrected chi connectivity index (χ2v) is 8.71. The molecule has 0 fully saturated rings. The highest BCUT2D eigenvalue weighted by molar-refractivity contribution is 9.10. The molecule has 3 aromatic carbocycles. The Kier molecular flexibility index (Phi) is 5.57. The fraction of sp³-hybridized carbons (Fsp3) is 0.0476. The third-order valence-electron chi connectivity index (χ3n) is 3.98. The Balaban J connectivity index is 1.37. The Morgan fingerprint density at radius 1 is 1.04 bits per heavy atom. The molecule has 0 aliphatic heterocycles. The van der Waals surface area contributed by atoms with Crippen LogP contribution in [0.3, 0.4) is 0 Å². The second-order valence-electron chi connectivity index (χ2n) is 5.89. The number of nitrogens with zero attached hydrogens (tertiary/aromatic N) is 1. The van der Waals surface area contributed by atoms with Gasteiger partial charge >= 0.3 is 0 Å². The van der Waals surface area contributed by atoms with Crippen molar-refractivity contribution in [3.05, 3.63) is 76.6 Å². The summed E-state index contributed by atoms with van der Waals surface area (Å²) in [5, 5.41) is 7.85. The van der Waals surface area contributed by atoms with E-state index in [-0.39, 0.29) is 5.91 Å². The fourth-order valence-corrected chi connectivity index (χ4v) is 4.39. The second kappa shape index (κ2) is 8.25. The van der Waals surface area contributed by atoms with Crippen molar-refractivity contribution < 1.29 is 4.79 Å². The lowest BCUT2D eigenvalue weighted by atomic mass is 10.1. The summed E-state index contributed by atoms with van der Waals surface area (Å²) in [6.07, 6.45) is 0. The number of amides is 1. The summed E-state index contributed by atoms with van der Waals surface area (Å²) in [6, 6.07) is 22.4. The summed E-state index contributed by atoms with van der Waals surface area (Å²) in [7, 11) is 0. The normalized spacial score (nSPS) is 10.9. The van der Waals surface area contributed by atoms with Gasteiger partial charge in [0, 0.05) is 20.3 Å². The topological polar surface area (TPSA) is 42.0 Å². The zero-order chi connectivity index (χ0) is 18.6. The van der Waals surface area contributed by atoms with Crippen LogP contribution in [0.2, 0.25) is 0 Å². The fourth-order valence-electron chi connectivity index (χ4n) is 2.65. The predicted molar refractivity (Wildman–Crippen MR) is 119 cm³/mol. The van der Waals surface area contributed by atoms with Crippen LogP contribution in [0.5, 0.6) is 0 Å². The lowest BCUT2D eigenvalue weighted by molar-refractivity contribution is -0.113. The molecule has 0 aliphatic carbocycles. The molecule has 0 aliphatic rings. The minimum absolute atomic E-state index is 0.0511. The SMILES string of the molecule is O=C(CSc1ccc2ccccc2c1)Nc1nc(-c2ccc(Br)cc2)cs1. The molecular formula is C21H15BrN2OS2. The number of carbonyl (C=O) groups is 1. The lowest BCUT2D eigenvalue weighted by Crippen LogP contribution is -2.13. The van der Waals surface area contributed by atoms with Crippen LogP contribution < -0.4 is 5.32 Å². The van der Waals surface area contributed by atoms with Gasteiger partial charge in [0.1, 0.15) is 0 Å². The summed E-state index contributed by atoms with van der Waals surface area (Å²) in [4.78, 5) is 17.9. The van der Waals surface area contributed by atoms with Gasteiger partial charge in [-0.05, 0) is 35.0 Å². The number of thiazole rings is 1. The van der Waals surface area contributed by atoms with E-state index in [2.05, 4.69) is 56.6 Å². The van der Waals surface area contributed by atoms with Gasteiger partial charge in [0.25, 0.3) is 0 Å². The molecule has 27 heavy (non-hydrogen) atoms. The number of halogens is 1. The van der Waals surface area contributed by atoms with E-state index in [1.165, 1.54) is 33.9 Å². The van der Waals surface area contributed by atoms with E-state index in [9.17, 15) is 4.79 Å². The third-order valence-corrected chi connectivity index (χ3v) is 6.26. The Bertz CT molecular complexity index is 1090. The first-order valence-corrected chi connectivity index (χ1v) is 11.0. The molecule has 6 heteroatoms. The van der Waals surface area contributed by atoms with E-state index in [0.717, 1.165) is 20.6 Å². The van der Waals surface area contributed by atoms with Gasteiger partial charge in [-0.2, -0.15) is 0 Å². The molecule has 0 bridgehead atoms. The van der Waals surface area contributed by atoms with E-state index in [1.807, 2.05) is 41.8 Å². The molecule has 3 nitrogen and oxygen atoms in total. The van der Waals surface area contributed by atoms with Crippen LogP contribution in [0.25, 0.3) is 22.0 Å². The van der Waals surface area contributed by atoms with E-state index >= 15 is 0 Å². The van der Waals surface area contributed by atoms with Crippen molar-refractivity contribution in [3.63, 3.8) is 0 Å². The molecule has 1 heterocycles. The van der Waals surface area contributed by atoms with Gasteiger partial charge in [0.15, 0.2) is 5.13 Å². The number of aromatic nitrogens is 1. The summed E-state index contributed by atoms with van der Waals surface area (Å²) in [5.41, 5.74) is 1.89. The van der Waals surface area contributed by atoms with E-state index in [1.54, 1.807) is 0 Å². The van der Waals surface area contributed by atoms with Gasteiger partial charge in [0.05, 0.1) is 11.4 Å². The largest absolute Gasteiger partial charge is 0.301 e. The number of nitrogens with one attached hydrogen (secondary N) is 1. The zero-order valence-electron chi connectivity index (χ0n) is 14.2. The van der Waals surface area contributed by atoms with Crippen molar-refractivity contribution in [2.45, 2.75) is 4.90 Å². The first-order chi connectivity index (χ1) is 13.2. The number of hydrogen-bond donors (Lipinski definition) is 1. The van der Waals surface area contributed by atoms with Crippen LogP contribution in [-0.4, -0.2) is 16.6 Å². The van der Waals surface area contributed by atoms with Gasteiger partial charge in [-0.3, -0.25) is 4.79 Å². The maximum absolute atomic E-state index is 12.3. The van der Waals surface area contributed by atoms with Crippen molar-refractivity contribution in [1.29, 1.82) is 0 Å². The number of anilines is 1. The molecule has 4 aromatic rings. The summed E-state index contributed by atoms with van der Waals surface area (Å²) < 4.78 is 1.03. The lowest BCUT2D eigenvalue weighted by Gasteiger charge is -2.04. The molecule has 0 spiro atoms. The Morgan fingerprint density at radius 2 is 1.81 bits per heavy atom. The molecule has 0 atom stereocenters. The van der Waals surface area contributed by atoms with Crippen LogP contribution in [0, 0.1) is 0 Å². The molecule has 134 valence electrons. The Morgan fingerprint density at radius 3 is 2.63 bits per heavy atom. The van der Waals surface area contributed by atoms with Gasteiger partial charge in [0.2, 0.25) is 5.91 Å².